The van der Waals surface area contributed by atoms with Crippen molar-refractivity contribution in [3.05, 3.63) is 66.0 Å². The number of aryl methyl sites for hydroxylation is 1. The number of hydrogen-bond acceptors (Lipinski definition) is 3. The topological polar surface area (TPSA) is 67.2 Å². The number of amides is 2. The average molecular weight is 405 g/mol. The van der Waals surface area contributed by atoms with Gasteiger partial charge in [-0.25, -0.2) is 4.98 Å². The van der Waals surface area contributed by atoms with Crippen LogP contribution in [0.3, 0.4) is 0 Å². The van der Waals surface area contributed by atoms with Gasteiger partial charge in [0.2, 0.25) is 11.8 Å². The van der Waals surface area contributed by atoms with Crippen molar-refractivity contribution in [2.24, 2.45) is 5.92 Å². The standard InChI is InChI=1S/C24H28N4O2/c1-2-28-21-13-7-6-12-20(21)26-22(28)16-25-24(30)19-11-8-14-27(17-19)23(29)15-18-9-4-3-5-10-18/h3-7,9-10,12-13,19H,2,8,11,14-17H2,1H3,(H,25,30)/t19-/m0/s1. The van der Waals surface area contributed by atoms with Crippen LogP contribution in [0.25, 0.3) is 11.0 Å². The smallest absolute Gasteiger partial charge is 0.227 e. The first-order valence-electron chi connectivity index (χ1n) is 10.7. The number of nitrogens with zero attached hydrogens (tertiary/aromatic N) is 3. The molecule has 1 aliphatic heterocycles. The lowest BCUT2D eigenvalue weighted by Gasteiger charge is -2.32. The Morgan fingerprint density at radius 1 is 1.10 bits per heavy atom. The van der Waals surface area contributed by atoms with Gasteiger partial charge in [0.05, 0.1) is 29.9 Å². The highest BCUT2D eigenvalue weighted by Gasteiger charge is 2.28. The molecule has 0 radical (unpaired) electrons. The van der Waals surface area contributed by atoms with Crippen molar-refractivity contribution in [1.82, 2.24) is 19.8 Å². The number of nitrogens with one attached hydrogen (secondary N) is 1. The molecule has 4 rings (SSSR count). The molecule has 2 heterocycles. The van der Waals surface area contributed by atoms with Crippen molar-refractivity contribution in [3.8, 4) is 0 Å². The van der Waals surface area contributed by atoms with Crippen molar-refractivity contribution in [1.29, 1.82) is 0 Å². The second kappa shape index (κ2) is 9.11. The number of rotatable bonds is 6. The molecule has 156 valence electrons. The summed E-state index contributed by atoms with van der Waals surface area (Å²) in [4.78, 5) is 32.0. The summed E-state index contributed by atoms with van der Waals surface area (Å²) in [7, 11) is 0. The van der Waals surface area contributed by atoms with E-state index in [9.17, 15) is 9.59 Å². The molecule has 2 amide bonds. The summed E-state index contributed by atoms with van der Waals surface area (Å²) < 4.78 is 2.13. The zero-order valence-electron chi connectivity index (χ0n) is 17.4. The summed E-state index contributed by atoms with van der Waals surface area (Å²) in [5.41, 5.74) is 3.03. The van der Waals surface area contributed by atoms with E-state index in [0.29, 0.717) is 19.5 Å². The lowest BCUT2D eigenvalue weighted by Crippen LogP contribution is -2.45. The Morgan fingerprint density at radius 3 is 2.67 bits per heavy atom. The van der Waals surface area contributed by atoms with E-state index in [1.165, 1.54) is 0 Å². The second-order valence-corrected chi connectivity index (χ2v) is 7.82. The summed E-state index contributed by atoms with van der Waals surface area (Å²) in [5, 5.41) is 3.05. The van der Waals surface area contributed by atoms with Gasteiger partial charge in [0.15, 0.2) is 0 Å². The Kier molecular flexibility index (Phi) is 6.12. The highest BCUT2D eigenvalue weighted by molar-refractivity contribution is 5.82. The van der Waals surface area contributed by atoms with Crippen LogP contribution in [0.4, 0.5) is 0 Å². The molecule has 1 atom stereocenters. The van der Waals surface area contributed by atoms with Crippen LogP contribution in [0.2, 0.25) is 0 Å². The molecular formula is C24H28N4O2. The van der Waals surface area contributed by atoms with E-state index in [4.69, 9.17) is 0 Å². The van der Waals surface area contributed by atoms with Crippen LogP contribution in [0.15, 0.2) is 54.6 Å². The predicted molar refractivity (Wildman–Crippen MR) is 117 cm³/mol. The van der Waals surface area contributed by atoms with Crippen molar-refractivity contribution < 1.29 is 9.59 Å². The maximum absolute atomic E-state index is 12.8. The Hall–Kier alpha value is -3.15. The highest BCUT2D eigenvalue weighted by Crippen LogP contribution is 2.19. The van der Waals surface area contributed by atoms with Gasteiger partial charge in [0.1, 0.15) is 5.82 Å². The summed E-state index contributed by atoms with van der Waals surface area (Å²) in [6.45, 7) is 4.49. The summed E-state index contributed by atoms with van der Waals surface area (Å²) >= 11 is 0. The molecule has 0 spiro atoms. The number of carbonyl (C=O) groups is 2. The van der Waals surface area contributed by atoms with Gasteiger partial charge in [-0.2, -0.15) is 0 Å². The first-order valence-corrected chi connectivity index (χ1v) is 10.7. The van der Waals surface area contributed by atoms with Gasteiger partial charge in [0.25, 0.3) is 0 Å². The minimum atomic E-state index is -0.169. The molecule has 3 aromatic rings. The molecule has 1 aliphatic rings. The minimum Gasteiger partial charge on any atom is -0.349 e. The second-order valence-electron chi connectivity index (χ2n) is 7.82. The van der Waals surface area contributed by atoms with Crippen LogP contribution in [-0.4, -0.2) is 39.4 Å². The third-order valence-corrected chi connectivity index (χ3v) is 5.81. The molecule has 0 saturated carbocycles. The Labute approximate surface area is 176 Å². The van der Waals surface area contributed by atoms with E-state index in [2.05, 4.69) is 27.9 Å². The SMILES string of the molecule is CCn1c(CNC(=O)[C@H]2CCCN(C(=O)Cc3ccccc3)C2)nc2ccccc21. The van der Waals surface area contributed by atoms with Crippen molar-refractivity contribution >= 4 is 22.8 Å². The third-order valence-electron chi connectivity index (χ3n) is 5.81. The third kappa shape index (κ3) is 4.37. The predicted octanol–water partition coefficient (Wildman–Crippen LogP) is 3.15. The minimum absolute atomic E-state index is 0.00178. The number of piperidine rings is 1. The van der Waals surface area contributed by atoms with Gasteiger partial charge in [-0.15, -0.1) is 0 Å². The Morgan fingerprint density at radius 2 is 1.87 bits per heavy atom. The number of carbonyl (C=O) groups excluding carboxylic acids is 2. The molecule has 0 bridgehead atoms. The van der Waals surface area contributed by atoms with Crippen LogP contribution in [-0.2, 0) is 29.1 Å². The number of para-hydroxylation sites is 2. The average Bonchev–Trinajstić information content (AvgIpc) is 3.15. The van der Waals surface area contributed by atoms with Crippen LogP contribution in [0, 0.1) is 5.92 Å². The summed E-state index contributed by atoms with van der Waals surface area (Å²) in [6, 6.07) is 17.8. The van der Waals surface area contributed by atoms with E-state index < -0.39 is 0 Å². The van der Waals surface area contributed by atoms with Crippen molar-refractivity contribution in [2.75, 3.05) is 13.1 Å². The maximum Gasteiger partial charge on any atom is 0.227 e. The van der Waals surface area contributed by atoms with Crippen molar-refractivity contribution in [3.63, 3.8) is 0 Å². The first-order chi connectivity index (χ1) is 14.7. The fourth-order valence-electron chi connectivity index (χ4n) is 4.22. The lowest BCUT2D eigenvalue weighted by atomic mass is 9.96. The molecule has 6 nitrogen and oxygen atoms in total. The fraction of sp³-hybridized carbons (Fsp3) is 0.375. The number of benzene rings is 2. The number of hydrogen-bond donors (Lipinski definition) is 1. The molecule has 1 fully saturated rings. The van der Waals surface area contributed by atoms with Gasteiger partial charge in [-0.1, -0.05) is 42.5 Å². The molecule has 30 heavy (non-hydrogen) atoms. The quantitative estimate of drug-likeness (QED) is 0.686. The number of imidazole rings is 1. The highest BCUT2D eigenvalue weighted by atomic mass is 16.2. The molecule has 1 saturated heterocycles. The monoisotopic (exact) mass is 404 g/mol. The summed E-state index contributed by atoms with van der Waals surface area (Å²) in [5.74, 6) is 0.784. The number of likely N-dealkylation sites (tertiary alicyclic amines) is 1. The van der Waals surface area contributed by atoms with E-state index in [1.54, 1.807) is 0 Å². The van der Waals surface area contributed by atoms with Crippen LogP contribution in [0.1, 0.15) is 31.2 Å². The van der Waals surface area contributed by atoms with Crippen LogP contribution >= 0.6 is 0 Å². The largest absolute Gasteiger partial charge is 0.349 e. The molecular weight excluding hydrogens is 376 g/mol. The van der Waals surface area contributed by atoms with E-state index in [1.807, 2.05) is 53.4 Å². The fourth-order valence-corrected chi connectivity index (χ4v) is 4.22. The molecule has 6 heteroatoms. The Balaban J connectivity index is 1.36. The molecule has 1 N–H and O–H groups in total. The van der Waals surface area contributed by atoms with Gasteiger partial charge in [0, 0.05) is 19.6 Å². The first kappa shape index (κ1) is 20.1. The lowest BCUT2D eigenvalue weighted by molar-refractivity contribution is -0.135. The Bertz CT molecular complexity index is 1030. The van der Waals surface area contributed by atoms with E-state index in [0.717, 1.165) is 48.4 Å². The summed E-state index contributed by atoms with van der Waals surface area (Å²) in [6.07, 6.45) is 2.05. The van der Waals surface area contributed by atoms with E-state index in [-0.39, 0.29) is 17.7 Å². The molecule has 0 unspecified atom stereocenters. The van der Waals surface area contributed by atoms with Crippen LogP contribution < -0.4 is 5.32 Å². The van der Waals surface area contributed by atoms with Gasteiger partial charge >= 0.3 is 0 Å². The van der Waals surface area contributed by atoms with Gasteiger partial charge in [-0.05, 0) is 37.5 Å². The number of fused-ring (bicyclic) bond motifs is 1. The number of aromatic nitrogens is 2. The molecule has 0 aliphatic carbocycles. The zero-order chi connectivity index (χ0) is 20.9. The van der Waals surface area contributed by atoms with Crippen LogP contribution in [0.5, 0.6) is 0 Å². The van der Waals surface area contributed by atoms with E-state index >= 15 is 0 Å². The maximum atomic E-state index is 12.8. The normalized spacial score (nSPS) is 16.6. The van der Waals surface area contributed by atoms with Crippen molar-refractivity contribution in [2.45, 2.75) is 39.3 Å². The molecule has 2 aromatic carbocycles. The van der Waals surface area contributed by atoms with Gasteiger partial charge < -0.3 is 14.8 Å². The van der Waals surface area contributed by atoms with Gasteiger partial charge in [-0.3, -0.25) is 9.59 Å². The molecule has 1 aromatic heterocycles. The zero-order valence-corrected chi connectivity index (χ0v) is 17.4.